The summed E-state index contributed by atoms with van der Waals surface area (Å²) in [6.07, 6.45) is 2.95. The van der Waals surface area contributed by atoms with Crippen molar-refractivity contribution >= 4 is 22.8 Å². The Morgan fingerprint density at radius 2 is 1.72 bits per heavy atom. The molecule has 0 saturated carbocycles. The zero-order chi connectivity index (χ0) is 27.9. The number of benzene rings is 1. The molecule has 39 heavy (non-hydrogen) atoms. The average Bonchev–Trinajstić information content (AvgIpc) is 3.26. The third kappa shape index (κ3) is 5.23. The number of pyridine rings is 1. The van der Waals surface area contributed by atoms with Crippen LogP contribution in [-0.2, 0) is 5.54 Å². The van der Waals surface area contributed by atoms with E-state index in [2.05, 4.69) is 55.8 Å². The molecular weight excluding hydrogens is 498 g/mol. The highest BCUT2D eigenvalue weighted by Crippen LogP contribution is 2.31. The summed E-state index contributed by atoms with van der Waals surface area (Å²) in [5.74, 6) is 0.254. The highest BCUT2D eigenvalue weighted by Gasteiger charge is 2.31. The first-order chi connectivity index (χ1) is 18.6. The molecule has 4 aromatic rings. The fourth-order valence-electron chi connectivity index (χ4n) is 5.44. The summed E-state index contributed by atoms with van der Waals surface area (Å²) in [7, 11) is 0. The Labute approximate surface area is 228 Å². The molecule has 8 nitrogen and oxygen atoms in total. The number of rotatable bonds is 7. The van der Waals surface area contributed by atoms with Gasteiger partial charge in [0.25, 0.3) is 0 Å². The van der Waals surface area contributed by atoms with E-state index in [0.29, 0.717) is 22.7 Å². The monoisotopic (exact) mass is 534 g/mol. The van der Waals surface area contributed by atoms with Crippen molar-refractivity contribution in [1.29, 1.82) is 0 Å². The lowest BCUT2D eigenvalue weighted by Crippen LogP contribution is -2.53. The van der Waals surface area contributed by atoms with Crippen molar-refractivity contribution in [2.24, 2.45) is 0 Å². The van der Waals surface area contributed by atoms with Crippen LogP contribution in [0.2, 0.25) is 0 Å². The quantitative estimate of drug-likeness (QED) is 0.327. The molecule has 10 heteroatoms. The minimum atomic E-state index is -0.639. The largest absolute Gasteiger partial charge is 0.326 e. The molecule has 1 fully saturated rings. The van der Waals surface area contributed by atoms with Crippen LogP contribution in [0.3, 0.4) is 0 Å². The van der Waals surface area contributed by atoms with Crippen molar-refractivity contribution in [3.8, 4) is 11.3 Å². The SMILES string of the molecule is CCN1CCN(C(C)(C)c2ccc(Nc3ncc(F)c(-c4cc(F)c5nc(C)n(C(C)C)c5c4)n3)nc2)CC1. The molecule has 206 valence electrons. The van der Waals surface area contributed by atoms with E-state index in [1.807, 2.05) is 43.7 Å². The van der Waals surface area contributed by atoms with Gasteiger partial charge >= 0.3 is 0 Å². The van der Waals surface area contributed by atoms with Crippen LogP contribution in [0.15, 0.2) is 36.7 Å². The number of nitrogens with zero attached hydrogens (tertiary/aromatic N) is 7. The molecule has 0 amide bonds. The molecule has 1 N–H and O–H groups in total. The second kappa shape index (κ2) is 10.6. The van der Waals surface area contributed by atoms with E-state index in [1.165, 1.54) is 6.07 Å². The van der Waals surface area contributed by atoms with Crippen molar-refractivity contribution in [2.45, 2.75) is 53.1 Å². The van der Waals surface area contributed by atoms with Crippen molar-refractivity contribution in [1.82, 2.24) is 34.3 Å². The highest BCUT2D eigenvalue weighted by atomic mass is 19.1. The van der Waals surface area contributed by atoms with Crippen LogP contribution in [0.5, 0.6) is 0 Å². The minimum absolute atomic E-state index is 0.00596. The maximum Gasteiger partial charge on any atom is 0.229 e. The van der Waals surface area contributed by atoms with Crippen LogP contribution < -0.4 is 5.32 Å². The first kappa shape index (κ1) is 27.1. The number of likely N-dealkylation sites (N-methyl/N-ethyl adjacent to an activating group) is 1. The van der Waals surface area contributed by atoms with Crippen molar-refractivity contribution < 1.29 is 8.78 Å². The first-order valence-corrected chi connectivity index (χ1v) is 13.5. The van der Waals surface area contributed by atoms with Gasteiger partial charge in [0.05, 0.1) is 11.7 Å². The molecule has 0 unspecified atom stereocenters. The molecule has 4 heterocycles. The molecule has 0 atom stereocenters. The Morgan fingerprint density at radius 3 is 2.36 bits per heavy atom. The Kier molecular flexibility index (Phi) is 7.35. The second-order valence-corrected chi connectivity index (χ2v) is 10.9. The van der Waals surface area contributed by atoms with E-state index in [4.69, 9.17) is 0 Å². The van der Waals surface area contributed by atoms with Gasteiger partial charge in [0.1, 0.15) is 22.9 Å². The summed E-state index contributed by atoms with van der Waals surface area (Å²) >= 11 is 0. The van der Waals surface area contributed by atoms with Crippen LogP contribution >= 0.6 is 0 Å². The Balaban J connectivity index is 1.39. The van der Waals surface area contributed by atoms with E-state index < -0.39 is 11.6 Å². The first-order valence-electron chi connectivity index (χ1n) is 13.5. The van der Waals surface area contributed by atoms with Crippen LogP contribution in [0.1, 0.15) is 52.0 Å². The Morgan fingerprint density at radius 1 is 0.974 bits per heavy atom. The summed E-state index contributed by atoms with van der Waals surface area (Å²) in [6.45, 7) is 17.7. The van der Waals surface area contributed by atoms with Crippen molar-refractivity contribution in [3.05, 3.63) is 59.7 Å². The maximum absolute atomic E-state index is 15.0. The molecular formula is C29H36F2N8. The van der Waals surface area contributed by atoms with Crippen LogP contribution in [0.25, 0.3) is 22.3 Å². The summed E-state index contributed by atoms with van der Waals surface area (Å²) in [6, 6.07) is 6.98. The normalized spacial score (nSPS) is 15.4. The summed E-state index contributed by atoms with van der Waals surface area (Å²) in [4.78, 5) is 22.4. The van der Waals surface area contributed by atoms with Gasteiger partial charge in [-0.25, -0.2) is 28.7 Å². The lowest BCUT2D eigenvalue weighted by Gasteiger charge is -2.44. The number of nitrogens with one attached hydrogen (secondary N) is 1. The molecule has 1 aliphatic heterocycles. The maximum atomic E-state index is 15.0. The predicted molar refractivity (Wildman–Crippen MR) is 150 cm³/mol. The van der Waals surface area contributed by atoms with Crippen LogP contribution in [0.4, 0.5) is 20.5 Å². The van der Waals surface area contributed by atoms with Gasteiger partial charge in [0.2, 0.25) is 5.95 Å². The second-order valence-electron chi connectivity index (χ2n) is 10.9. The highest BCUT2D eigenvalue weighted by molar-refractivity contribution is 5.83. The third-order valence-electron chi connectivity index (χ3n) is 7.78. The zero-order valence-electron chi connectivity index (χ0n) is 23.5. The summed E-state index contributed by atoms with van der Waals surface area (Å²) in [5, 5.41) is 3.07. The molecule has 0 radical (unpaired) electrons. The number of imidazole rings is 1. The summed E-state index contributed by atoms with van der Waals surface area (Å²) < 4.78 is 31.8. The number of hydrogen-bond acceptors (Lipinski definition) is 7. The topological polar surface area (TPSA) is 75.0 Å². The van der Waals surface area contributed by atoms with Gasteiger partial charge in [-0.05, 0) is 64.9 Å². The predicted octanol–water partition coefficient (Wildman–Crippen LogP) is 5.67. The standard InChI is InChI=1S/C29H36F2N8/c1-7-37-10-12-38(13-11-37)29(5,6)21-8-9-25(32-16-21)35-28-33-17-23(31)26(36-28)20-14-22(30)27-24(15-20)39(18(2)3)19(4)34-27/h8-9,14-18H,7,10-13H2,1-6H3,(H,32,33,35,36). The van der Waals surface area contributed by atoms with Gasteiger partial charge in [0, 0.05) is 49.5 Å². The third-order valence-corrected chi connectivity index (χ3v) is 7.78. The number of aryl methyl sites for hydroxylation is 1. The molecule has 0 spiro atoms. The van der Waals surface area contributed by atoms with E-state index in [1.54, 1.807) is 6.07 Å². The molecule has 0 bridgehead atoms. The Hall–Kier alpha value is -3.50. The minimum Gasteiger partial charge on any atom is -0.326 e. The van der Waals surface area contributed by atoms with Gasteiger partial charge in [0.15, 0.2) is 11.6 Å². The fourth-order valence-corrected chi connectivity index (χ4v) is 5.44. The van der Waals surface area contributed by atoms with Crippen LogP contribution in [-0.4, -0.2) is 67.0 Å². The number of halogens is 2. The molecule has 0 aliphatic carbocycles. The fraction of sp³-hybridized carbons (Fsp3) is 0.448. The number of anilines is 2. The number of aromatic nitrogens is 5. The summed E-state index contributed by atoms with van der Waals surface area (Å²) in [5.41, 5.74) is 2.14. The Bertz CT molecular complexity index is 1470. The number of hydrogen-bond donors (Lipinski definition) is 1. The molecule has 1 aliphatic rings. The van der Waals surface area contributed by atoms with Gasteiger partial charge in [-0.2, -0.15) is 0 Å². The van der Waals surface area contributed by atoms with E-state index >= 15 is 4.39 Å². The number of piperazine rings is 1. The van der Waals surface area contributed by atoms with Crippen LogP contribution in [0, 0.1) is 18.6 Å². The van der Waals surface area contributed by atoms with Gasteiger partial charge in [-0.15, -0.1) is 0 Å². The van der Waals surface area contributed by atoms with E-state index in [9.17, 15) is 4.39 Å². The average molecular weight is 535 g/mol. The lowest BCUT2D eigenvalue weighted by atomic mass is 9.93. The molecule has 1 aromatic carbocycles. The van der Waals surface area contributed by atoms with Gasteiger partial charge in [-0.1, -0.05) is 13.0 Å². The van der Waals surface area contributed by atoms with Gasteiger partial charge in [-0.3, -0.25) is 4.90 Å². The molecule has 3 aromatic heterocycles. The van der Waals surface area contributed by atoms with Crippen molar-refractivity contribution in [3.63, 3.8) is 0 Å². The van der Waals surface area contributed by atoms with E-state index in [0.717, 1.165) is 44.5 Å². The zero-order valence-corrected chi connectivity index (χ0v) is 23.5. The molecule has 5 rings (SSSR count). The number of fused-ring (bicyclic) bond motifs is 1. The van der Waals surface area contributed by atoms with E-state index in [-0.39, 0.29) is 28.7 Å². The van der Waals surface area contributed by atoms with Gasteiger partial charge < -0.3 is 14.8 Å². The lowest BCUT2D eigenvalue weighted by molar-refractivity contribution is 0.0525. The smallest absolute Gasteiger partial charge is 0.229 e. The molecule has 1 saturated heterocycles. The van der Waals surface area contributed by atoms with Crippen molar-refractivity contribution in [2.75, 3.05) is 38.0 Å².